The molecular weight excluding hydrogens is 1550 g/mol. The fourth-order valence-electron chi connectivity index (χ4n) is 8.61. The van der Waals surface area contributed by atoms with Crippen LogP contribution in [-0.2, 0) is 46.2 Å². The number of carbonyl (C=O) groups excluding carboxylic acids is 7. The molecule has 4 amide bonds. The summed E-state index contributed by atoms with van der Waals surface area (Å²) < 4.78 is 96.1. The average molecular weight is 1630 g/mol. The quantitative estimate of drug-likeness (QED) is 0.00330. The Morgan fingerprint density at radius 2 is 1.00 bits per heavy atom. The molecule has 2 aromatic heterocycles. The number of alkyl carbamates (subject to hydrolysis) is 2. The van der Waals surface area contributed by atoms with E-state index in [-0.39, 0.29) is 83.1 Å². The van der Waals surface area contributed by atoms with Crippen molar-refractivity contribution in [3.8, 4) is 40.0 Å². The van der Waals surface area contributed by atoms with Gasteiger partial charge in [0.05, 0.1) is 40.3 Å². The second-order valence-corrected chi connectivity index (χ2v) is 26.5. The smallest absolute Gasteiger partial charge is 0.408 e. The van der Waals surface area contributed by atoms with Gasteiger partial charge in [-0.3, -0.25) is 19.8 Å². The van der Waals surface area contributed by atoms with Gasteiger partial charge in [0.15, 0.2) is 0 Å². The molecule has 25 nitrogen and oxygen atoms in total. The predicted molar refractivity (Wildman–Crippen MR) is 400 cm³/mol. The van der Waals surface area contributed by atoms with E-state index in [1.807, 2.05) is 105 Å². The molecule has 0 radical (unpaired) electrons. The number of rotatable bonds is 23. The second-order valence-electron chi connectivity index (χ2n) is 25.1. The van der Waals surface area contributed by atoms with Crippen molar-refractivity contribution in [3.63, 3.8) is 0 Å². The number of likely N-dealkylation sites (N-methyl/N-ethyl adjacent to an activating group) is 1. The number of H-pyrrole nitrogens is 2. The number of hydrogen-bond donors (Lipinski definition) is 9. The van der Waals surface area contributed by atoms with Crippen molar-refractivity contribution in [3.05, 3.63) is 207 Å². The number of amides is 4. The van der Waals surface area contributed by atoms with Gasteiger partial charge in [0.25, 0.3) is 5.91 Å². The molecule has 2 heterocycles. The van der Waals surface area contributed by atoms with Gasteiger partial charge >= 0.3 is 30.1 Å². The van der Waals surface area contributed by atoms with Crippen LogP contribution in [0.25, 0.3) is 22.8 Å². The lowest BCUT2D eigenvalue weighted by Gasteiger charge is -2.22. The number of methoxy groups -OCH3 is 1. The zero-order valence-corrected chi connectivity index (χ0v) is 64.5. The van der Waals surface area contributed by atoms with E-state index in [1.54, 1.807) is 79.9 Å². The number of halogens is 9. The van der Waals surface area contributed by atoms with Gasteiger partial charge in [0.2, 0.25) is 40.7 Å². The summed E-state index contributed by atoms with van der Waals surface area (Å²) in [7, 11) is 2.71. The van der Waals surface area contributed by atoms with Gasteiger partial charge in [0.1, 0.15) is 64.1 Å². The lowest BCUT2D eigenvalue weighted by molar-refractivity contribution is -0.144. The summed E-state index contributed by atoms with van der Waals surface area (Å²) in [6.07, 6.45) is 1.65. The molecule has 6 aromatic carbocycles. The van der Waals surface area contributed by atoms with E-state index >= 15 is 0 Å². The number of carboxylic acids is 1. The van der Waals surface area contributed by atoms with Crippen molar-refractivity contribution < 1.29 is 93.8 Å². The minimum atomic E-state index is -2.35. The molecule has 34 heteroatoms. The molecule has 582 valence electrons. The maximum absolute atomic E-state index is 13.5. The topological polar surface area (TPSA) is 368 Å². The fraction of sp³-hybridized carbons (Fsp3) is 0.311. The minimum Gasteiger partial charge on any atom is -0.489 e. The van der Waals surface area contributed by atoms with Crippen LogP contribution in [0.2, 0.25) is 10.0 Å². The molecular formula is C74H83BrCl3F5N10O15. The standard InChI is InChI=1S/C23H25ClN4O3.C17H21N3O4.C16H10ClF5O3.C11H18BrNO5.C7H8N2.ClH/c1-14(2)31-20-10-9-16(11-18(20)24)22(29)28-19(23(30)25-3)12-17-13-26-21(27-17)15-7-5-4-6-8-15;1-17(2,3)24-16(23)20-13(15(21)22)9-12-10-18-14(19-12)11-7-5-4-6-8-11;1-6(2)24-9-4-3-7(5-8(9)17)16(23)25-15-13(21)11(19)10(18)12(20)14(15)22;1-11(2,3)18-10(16)13-8(9(15)17-4)5-7(14)6-12;8-7(9)6-4-2-1-3-5-6;/h4-11,13-14,19H,12H2,1-3H3,(H,25,30)(H,26,27)(H,28,29);4-8,10,13H,9H2,1-3H3,(H,18,19)(H,20,23)(H,21,22);3-6H,1-2H3;8H,5-6H2,1-4H3,(H,13,16);1-5H,(H3,8,9);1H/t19-;13-;;8-;;/m00.0../s1. The van der Waals surface area contributed by atoms with E-state index in [1.165, 1.54) is 26.3 Å². The van der Waals surface area contributed by atoms with Crippen LogP contribution in [0.5, 0.6) is 17.2 Å². The van der Waals surface area contributed by atoms with Crippen molar-refractivity contribution in [2.45, 2.75) is 130 Å². The summed E-state index contributed by atoms with van der Waals surface area (Å²) in [5.41, 5.74) is 7.84. The molecule has 0 bridgehead atoms. The molecule has 10 N–H and O–H groups in total. The number of hydrogen-bond acceptors (Lipinski definition) is 17. The summed E-state index contributed by atoms with van der Waals surface area (Å²) in [5.74, 6) is -14.9. The number of carboxylic acid groups (broad SMARTS) is 1. The Kier molecular flexibility index (Phi) is 37.2. The lowest BCUT2D eigenvalue weighted by atomic mass is 10.1. The number of nitrogen functional groups attached to an aromatic ring is 1. The summed E-state index contributed by atoms with van der Waals surface area (Å²) >= 11 is 15.1. The Labute approximate surface area is 644 Å². The highest BCUT2D eigenvalue weighted by Gasteiger charge is 2.31. The van der Waals surface area contributed by atoms with Gasteiger partial charge in [-0.05, 0) is 106 Å². The number of ether oxygens (including phenoxy) is 6. The number of imidazole rings is 2. The zero-order chi connectivity index (χ0) is 80.0. The normalized spacial score (nSPS) is 11.5. The number of ketones is 1. The molecule has 0 fully saturated rings. The van der Waals surface area contributed by atoms with Gasteiger partial charge in [-0.15, -0.1) is 12.4 Å². The SMILES string of the molecule is CC(C)(C)OC(=O)N[C@@H](Cc1cnc(-c2ccccc2)[nH]1)C(=O)O.CC(C)Oc1ccc(C(=O)Oc2c(F)c(F)c(F)c(F)c2F)cc1Cl.CNC(=O)[C@H](Cc1cnc(-c2ccccc2)[nH]1)NC(=O)c1ccc(OC(C)C)c(Cl)c1.COC(=O)[C@H](CC(=O)CBr)NC(=O)OC(C)(C)C.Cl.N=C(N)c1ccccc1. The van der Waals surface area contributed by atoms with E-state index in [2.05, 4.69) is 66.6 Å². The Balaban J connectivity index is 0.000000363. The Morgan fingerprint density at radius 1 is 0.593 bits per heavy atom. The number of carbonyl (C=O) groups is 8. The predicted octanol–water partition coefficient (Wildman–Crippen LogP) is 14.0. The average Bonchev–Trinajstić information content (AvgIpc) is 1.10. The number of benzene rings is 6. The number of nitrogens with one attached hydrogen (secondary N) is 7. The number of esters is 2. The Bertz CT molecular complexity index is 4310. The van der Waals surface area contributed by atoms with Crippen molar-refractivity contribution in [1.29, 1.82) is 5.41 Å². The number of aromatic nitrogens is 4. The largest absolute Gasteiger partial charge is 0.489 e. The van der Waals surface area contributed by atoms with Gasteiger partial charge in [0, 0.05) is 72.3 Å². The number of aromatic amines is 2. The van der Waals surface area contributed by atoms with E-state index in [0.29, 0.717) is 33.7 Å². The summed E-state index contributed by atoms with van der Waals surface area (Å²) in [5, 5.41) is 26.8. The maximum Gasteiger partial charge on any atom is 0.408 e. The van der Waals surface area contributed by atoms with Gasteiger partial charge in [-0.2, -0.15) is 8.78 Å². The highest BCUT2D eigenvalue weighted by molar-refractivity contribution is 9.09. The first-order valence-corrected chi connectivity index (χ1v) is 34.3. The van der Waals surface area contributed by atoms with Crippen molar-refractivity contribution in [2.75, 3.05) is 19.5 Å². The molecule has 0 aliphatic carbocycles. The summed E-state index contributed by atoms with van der Waals surface area (Å²) in [6, 6.07) is 33.8. The number of nitrogens with two attached hydrogens (primary N) is 1. The highest BCUT2D eigenvalue weighted by Crippen LogP contribution is 2.32. The van der Waals surface area contributed by atoms with Crippen LogP contribution >= 0.6 is 51.5 Å². The number of Topliss-reactive ketones (excluding diaryl/α,β-unsaturated/α-hetero) is 1. The molecule has 3 atom stereocenters. The first-order valence-electron chi connectivity index (χ1n) is 32.4. The monoisotopic (exact) mass is 1630 g/mol. The van der Waals surface area contributed by atoms with Gasteiger partial charge in [-0.1, -0.05) is 130 Å². The molecule has 0 spiro atoms. The first kappa shape index (κ1) is 91.6. The Hall–Kier alpha value is -10.6. The van der Waals surface area contributed by atoms with Crippen LogP contribution in [0, 0.1) is 34.5 Å². The number of amidine groups is 1. The third-order valence-electron chi connectivity index (χ3n) is 13.4. The van der Waals surface area contributed by atoms with Gasteiger partial charge < -0.3 is 70.5 Å². The zero-order valence-electron chi connectivity index (χ0n) is 60.6. The first-order chi connectivity index (χ1) is 50.2. The minimum absolute atomic E-state index is 0. The summed E-state index contributed by atoms with van der Waals surface area (Å²) in [4.78, 5) is 109. The second kappa shape index (κ2) is 43.9. The van der Waals surface area contributed by atoms with E-state index in [4.69, 9.17) is 53.3 Å². The molecule has 108 heavy (non-hydrogen) atoms. The molecule has 8 rings (SSSR count). The third kappa shape index (κ3) is 31.1. The van der Waals surface area contributed by atoms with Gasteiger partial charge in [-0.25, -0.2) is 47.1 Å². The lowest BCUT2D eigenvalue weighted by Crippen LogP contribution is -2.47. The van der Waals surface area contributed by atoms with Crippen molar-refractivity contribution in [1.82, 2.24) is 41.2 Å². The van der Waals surface area contributed by atoms with Crippen LogP contribution in [0.15, 0.2) is 140 Å². The molecule has 8 aromatic rings. The number of nitrogens with zero attached hydrogens (tertiary/aromatic N) is 2. The maximum atomic E-state index is 13.5. The molecule has 0 unspecified atom stereocenters. The van der Waals surface area contributed by atoms with Crippen LogP contribution in [0.1, 0.15) is 113 Å². The molecule has 0 aliphatic rings. The van der Waals surface area contributed by atoms with E-state index in [0.717, 1.165) is 34.5 Å². The van der Waals surface area contributed by atoms with Crippen LogP contribution < -0.4 is 41.2 Å². The third-order valence-corrected chi connectivity index (χ3v) is 14.6. The molecule has 0 saturated carbocycles. The number of alkyl halides is 1. The van der Waals surface area contributed by atoms with E-state index in [9.17, 15) is 65.4 Å². The molecule has 0 aliphatic heterocycles. The van der Waals surface area contributed by atoms with Crippen LogP contribution in [0.4, 0.5) is 31.5 Å². The Morgan fingerprint density at radius 3 is 1.38 bits per heavy atom. The van der Waals surface area contributed by atoms with E-state index < -0.39 is 100 Å². The summed E-state index contributed by atoms with van der Waals surface area (Å²) in [6.45, 7) is 17.5. The van der Waals surface area contributed by atoms with Crippen molar-refractivity contribution >= 4 is 105 Å². The highest BCUT2D eigenvalue weighted by atomic mass is 79.9. The van der Waals surface area contributed by atoms with Crippen molar-refractivity contribution in [2.24, 2.45) is 5.73 Å². The van der Waals surface area contributed by atoms with Crippen LogP contribution in [-0.4, -0.2) is 140 Å². The molecule has 0 saturated heterocycles. The van der Waals surface area contributed by atoms with Crippen LogP contribution in [0.3, 0.4) is 0 Å². The number of aliphatic carboxylic acids is 1. The fourth-order valence-corrected chi connectivity index (χ4v) is 9.29.